The van der Waals surface area contributed by atoms with Crippen molar-refractivity contribution >= 4 is 11.9 Å². The molecule has 0 bridgehead atoms. The number of carbonyl (C=O) groups is 2. The highest BCUT2D eigenvalue weighted by Gasteiger charge is 2.19. The van der Waals surface area contributed by atoms with Gasteiger partial charge in [0.15, 0.2) is 0 Å². The molecule has 0 saturated heterocycles. The van der Waals surface area contributed by atoms with Gasteiger partial charge in [0.2, 0.25) is 5.91 Å². The van der Waals surface area contributed by atoms with Gasteiger partial charge in [-0.05, 0) is 41.5 Å². The SMILES string of the molecule is CCCC(=O)n1cc(C(C)CC)n(Cc2ccc(-c3ccccc3C(=O)O)cc2)c1=O. The predicted molar refractivity (Wildman–Crippen MR) is 121 cm³/mol. The summed E-state index contributed by atoms with van der Waals surface area (Å²) in [6.07, 6.45) is 3.57. The third-order valence-electron chi connectivity index (χ3n) is 5.62. The van der Waals surface area contributed by atoms with E-state index in [0.717, 1.165) is 23.2 Å². The molecular weight excluding hydrogens is 392 g/mol. The predicted octanol–water partition coefficient (Wildman–Crippen LogP) is 5.02. The highest BCUT2D eigenvalue weighted by Crippen LogP contribution is 2.25. The van der Waals surface area contributed by atoms with Crippen molar-refractivity contribution in [3.8, 4) is 11.1 Å². The Labute approximate surface area is 181 Å². The van der Waals surface area contributed by atoms with Crippen molar-refractivity contribution in [3.63, 3.8) is 0 Å². The van der Waals surface area contributed by atoms with E-state index in [0.29, 0.717) is 24.9 Å². The summed E-state index contributed by atoms with van der Waals surface area (Å²) in [4.78, 5) is 36.9. The molecule has 3 aromatic rings. The number of rotatable bonds is 8. The van der Waals surface area contributed by atoms with Crippen LogP contribution in [0, 0.1) is 0 Å². The average Bonchev–Trinajstić information content (AvgIpc) is 3.10. The lowest BCUT2D eigenvalue weighted by molar-refractivity contribution is 0.0697. The summed E-state index contributed by atoms with van der Waals surface area (Å²) in [5, 5.41) is 9.43. The van der Waals surface area contributed by atoms with Gasteiger partial charge in [-0.2, -0.15) is 0 Å². The van der Waals surface area contributed by atoms with E-state index in [1.807, 2.05) is 44.2 Å². The van der Waals surface area contributed by atoms with Crippen LogP contribution in [-0.2, 0) is 6.54 Å². The number of aromatic carboxylic acids is 1. The molecule has 3 rings (SSSR count). The largest absolute Gasteiger partial charge is 0.478 e. The Hall–Kier alpha value is -3.41. The first-order chi connectivity index (χ1) is 14.9. The highest BCUT2D eigenvalue weighted by molar-refractivity contribution is 5.96. The molecule has 162 valence electrons. The van der Waals surface area contributed by atoms with E-state index in [-0.39, 0.29) is 23.1 Å². The molecule has 1 atom stereocenters. The van der Waals surface area contributed by atoms with E-state index in [1.165, 1.54) is 4.57 Å². The second-order valence-electron chi connectivity index (χ2n) is 7.79. The van der Waals surface area contributed by atoms with Crippen LogP contribution in [0.1, 0.15) is 72.4 Å². The van der Waals surface area contributed by atoms with Gasteiger partial charge in [0.1, 0.15) is 0 Å². The number of aromatic nitrogens is 2. The maximum absolute atomic E-state index is 13.0. The molecule has 1 N–H and O–H groups in total. The fourth-order valence-corrected chi connectivity index (χ4v) is 3.67. The minimum absolute atomic E-state index is 0.144. The van der Waals surface area contributed by atoms with Crippen molar-refractivity contribution in [2.24, 2.45) is 0 Å². The van der Waals surface area contributed by atoms with Crippen LogP contribution in [0.5, 0.6) is 0 Å². The molecule has 0 aliphatic heterocycles. The molecule has 6 heteroatoms. The van der Waals surface area contributed by atoms with Crippen molar-refractivity contribution in [2.45, 2.75) is 52.5 Å². The molecular formula is C25H28N2O4. The number of nitrogens with zero attached hydrogens (tertiary/aromatic N) is 2. The second-order valence-corrected chi connectivity index (χ2v) is 7.79. The normalized spacial score (nSPS) is 12.0. The highest BCUT2D eigenvalue weighted by atomic mass is 16.4. The standard InChI is InChI=1S/C25H28N2O4/c1-4-8-23(28)27-16-22(17(3)5-2)26(25(27)31)15-18-11-13-19(14-12-18)20-9-6-7-10-21(20)24(29)30/h6-7,9-14,16-17H,4-5,8,15H2,1-3H3,(H,29,30). The Morgan fingerprint density at radius 2 is 1.71 bits per heavy atom. The zero-order chi connectivity index (χ0) is 22.5. The summed E-state index contributed by atoms with van der Waals surface area (Å²) in [7, 11) is 0. The van der Waals surface area contributed by atoms with Crippen molar-refractivity contribution in [1.82, 2.24) is 9.13 Å². The van der Waals surface area contributed by atoms with Gasteiger partial charge in [-0.3, -0.25) is 9.36 Å². The zero-order valence-corrected chi connectivity index (χ0v) is 18.2. The average molecular weight is 421 g/mol. The summed E-state index contributed by atoms with van der Waals surface area (Å²) in [6.45, 7) is 6.37. The smallest absolute Gasteiger partial charge is 0.336 e. The van der Waals surface area contributed by atoms with Crippen LogP contribution in [0.4, 0.5) is 0 Å². The lowest BCUT2D eigenvalue weighted by Crippen LogP contribution is -2.29. The minimum Gasteiger partial charge on any atom is -0.478 e. The molecule has 0 radical (unpaired) electrons. The lowest BCUT2D eigenvalue weighted by Gasteiger charge is -2.13. The third-order valence-corrected chi connectivity index (χ3v) is 5.62. The van der Waals surface area contributed by atoms with Crippen LogP contribution in [0.25, 0.3) is 11.1 Å². The van der Waals surface area contributed by atoms with E-state index in [1.54, 1.807) is 29.0 Å². The van der Waals surface area contributed by atoms with Crippen molar-refractivity contribution < 1.29 is 14.7 Å². The molecule has 0 spiro atoms. The number of hydrogen-bond acceptors (Lipinski definition) is 3. The van der Waals surface area contributed by atoms with Gasteiger partial charge in [-0.25, -0.2) is 14.2 Å². The van der Waals surface area contributed by atoms with Crippen LogP contribution in [0.2, 0.25) is 0 Å². The molecule has 0 fully saturated rings. The zero-order valence-electron chi connectivity index (χ0n) is 18.2. The van der Waals surface area contributed by atoms with E-state index < -0.39 is 5.97 Å². The number of imidazole rings is 1. The molecule has 0 amide bonds. The fraction of sp³-hybridized carbons (Fsp3) is 0.320. The second kappa shape index (κ2) is 9.60. The van der Waals surface area contributed by atoms with Gasteiger partial charge in [0.05, 0.1) is 12.1 Å². The molecule has 31 heavy (non-hydrogen) atoms. The van der Waals surface area contributed by atoms with Crippen molar-refractivity contribution in [2.75, 3.05) is 0 Å². The molecule has 2 aromatic carbocycles. The maximum atomic E-state index is 13.0. The number of hydrogen-bond donors (Lipinski definition) is 1. The Balaban J connectivity index is 1.95. The van der Waals surface area contributed by atoms with Crippen molar-refractivity contribution in [1.29, 1.82) is 0 Å². The van der Waals surface area contributed by atoms with Gasteiger partial charge in [0, 0.05) is 18.3 Å². The van der Waals surface area contributed by atoms with Gasteiger partial charge in [-0.1, -0.05) is 63.2 Å². The van der Waals surface area contributed by atoms with Crippen molar-refractivity contribution in [3.05, 3.63) is 82.0 Å². The number of benzene rings is 2. The van der Waals surface area contributed by atoms with Crippen LogP contribution < -0.4 is 5.69 Å². The van der Waals surface area contributed by atoms with E-state index in [9.17, 15) is 19.5 Å². The van der Waals surface area contributed by atoms with Gasteiger partial charge in [-0.15, -0.1) is 0 Å². The third kappa shape index (κ3) is 4.68. The first-order valence-electron chi connectivity index (χ1n) is 10.6. The fourth-order valence-electron chi connectivity index (χ4n) is 3.67. The summed E-state index contributed by atoms with van der Waals surface area (Å²) in [5.74, 6) is -1.01. The van der Waals surface area contributed by atoms with Crippen LogP contribution in [0.3, 0.4) is 0 Å². The number of carboxylic acid groups (broad SMARTS) is 1. The van der Waals surface area contributed by atoms with Crippen LogP contribution in [-0.4, -0.2) is 26.1 Å². The van der Waals surface area contributed by atoms with Gasteiger partial charge >= 0.3 is 11.7 Å². The minimum atomic E-state index is -0.970. The topological polar surface area (TPSA) is 81.3 Å². The molecule has 0 saturated carbocycles. The number of carbonyl (C=O) groups excluding carboxylic acids is 1. The Morgan fingerprint density at radius 1 is 1.03 bits per heavy atom. The molecule has 1 unspecified atom stereocenters. The molecule has 1 aromatic heterocycles. The number of carboxylic acids is 1. The maximum Gasteiger partial charge on any atom is 0.336 e. The van der Waals surface area contributed by atoms with Gasteiger partial charge < -0.3 is 5.11 Å². The van der Waals surface area contributed by atoms with E-state index in [2.05, 4.69) is 6.92 Å². The van der Waals surface area contributed by atoms with Crippen LogP contribution >= 0.6 is 0 Å². The molecule has 0 aliphatic rings. The first kappa shape index (κ1) is 22.3. The summed E-state index contributed by atoms with van der Waals surface area (Å²) in [5.41, 5.74) is 3.13. The van der Waals surface area contributed by atoms with E-state index >= 15 is 0 Å². The lowest BCUT2D eigenvalue weighted by atomic mass is 9.98. The summed E-state index contributed by atoms with van der Waals surface area (Å²) < 4.78 is 2.91. The molecule has 6 nitrogen and oxygen atoms in total. The Bertz CT molecular complexity index is 1140. The monoisotopic (exact) mass is 420 g/mol. The Kier molecular flexibility index (Phi) is 6.90. The Morgan fingerprint density at radius 3 is 2.32 bits per heavy atom. The quantitative estimate of drug-likeness (QED) is 0.555. The summed E-state index contributed by atoms with van der Waals surface area (Å²) >= 11 is 0. The molecule has 1 heterocycles. The summed E-state index contributed by atoms with van der Waals surface area (Å²) in [6, 6.07) is 14.4. The van der Waals surface area contributed by atoms with Gasteiger partial charge in [0.25, 0.3) is 0 Å². The first-order valence-corrected chi connectivity index (χ1v) is 10.6. The molecule has 0 aliphatic carbocycles. The van der Waals surface area contributed by atoms with E-state index in [4.69, 9.17) is 0 Å². The van der Waals surface area contributed by atoms with Crippen LogP contribution in [0.15, 0.2) is 59.5 Å².